The standard InChI is InChI=1S/C18H15ClN4O4/c19-14-7-5-12(6-8-14)16-23-22-15(27-16)10-26-17(24)13-3-1-11(2-4-13)9-21-18(20)25/h1-8H,9-10H2,(H3,20,21,25). The number of carbonyl (C=O) groups excluding carboxylic acids is 2. The fourth-order valence-corrected chi connectivity index (χ4v) is 2.31. The molecule has 0 aliphatic heterocycles. The number of hydrogen-bond acceptors (Lipinski definition) is 6. The zero-order chi connectivity index (χ0) is 19.2. The van der Waals surface area contributed by atoms with Gasteiger partial charge in [0.05, 0.1) is 5.56 Å². The first-order chi connectivity index (χ1) is 13.0. The van der Waals surface area contributed by atoms with Crippen LogP contribution < -0.4 is 11.1 Å². The van der Waals surface area contributed by atoms with E-state index in [2.05, 4.69) is 15.5 Å². The molecule has 2 amide bonds. The van der Waals surface area contributed by atoms with Gasteiger partial charge in [0, 0.05) is 17.1 Å². The van der Waals surface area contributed by atoms with Crippen molar-refractivity contribution in [2.45, 2.75) is 13.2 Å². The summed E-state index contributed by atoms with van der Waals surface area (Å²) in [4.78, 5) is 22.8. The lowest BCUT2D eigenvalue weighted by atomic mass is 10.1. The number of amides is 2. The predicted octanol–water partition coefficient (Wildman–Crippen LogP) is 2.92. The zero-order valence-electron chi connectivity index (χ0n) is 14.0. The number of esters is 1. The van der Waals surface area contributed by atoms with Crippen LogP contribution in [0, 0.1) is 0 Å². The zero-order valence-corrected chi connectivity index (χ0v) is 14.8. The molecule has 2 aromatic carbocycles. The summed E-state index contributed by atoms with van der Waals surface area (Å²) < 4.78 is 10.6. The number of halogens is 1. The number of benzene rings is 2. The van der Waals surface area contributed by atoms with Crippen molar-refractivity contribution in [3.05, 3.63) is 70.6 Å². The molecule has 3 aromatic rings. The van der Waals surface area contributed by atoms with Gasteiger partial charge >= 0.3 is 12.0 Å². The Balaban J connectivity index is 1.56. The molecular formula is C18H15ClN4O4. The summed E-state index contributed by atoms with van der Waals surface area (Å²) in [6.45, 7) is 0.129. The minimum Gasteiger partial charge on any atom is -0.452 e. The van der Waals surface area contributed by atoms with E-state index < -0.39 is 12.0 Å². The largest absolute Gasteiger partial charge is 0.452 e. The van der Waals surface area contributed by atoms with Gasteiger partial charge in [-0.1, -0.05) is 23.7 Å². The van der Waals surface area contributed by atoms with Crippen molar-refractivity contribution in [1.82, 2.24) is 15.5 Å². The number of carbonyl (C=O) groups is 2. The smallest absolute Gasteiger partial charge is 0.338 e. The van der Waals surface area contributed by atoms with E-state index in [0.717, 1.165) is 5.56 Å². The van der Waals surface area contributed by atoms with E-state index in [-0.39, 0.29) is 19.0 Å². The van der Waals surface area contributed by atoms with Crippen LogP contribution in [-0.4, -0.2) is 22.2 Å². The number of ether oxygens (including phenoxy) is 1. The molecule has 9 heteroatoms. The lowest BCUT2D eigenvalue weighted by molar-refractivity contribution is 0.0438. The molecule has 8 nitrogen and oxygen atoms in total. The first-order valence-corrected chi connectivity index (χ1v) is 8.27. The first-order valence-electron chi connectivity index (χ1n) is 7.89. The Morgan fingerprint density at radius 3 is 2.44 bits per heavy atom. The lowest BCUT2D eigenvalue weighted by Gasteiger charge is -2.05. The Morgan fingerprint density at radius 1 is 1.07 bits per heavy atom. The van der Waals surface area contributed by atoms with E-state index in [0.29, 0.717) is 22.0 Å². The van der Waals surface area contributed by atoms with Crippen LogP contribution in [0.5, 0.6) is 0 Å². The van der Waals surface area contributed by atoms with Gasteiger partial charge in [-0.3, -0.25) is 0 Å². The second kappa shape index (κ2) is 8.33. The molecule has 0 spiro atoms. The van der Waals surface area contributed by atoms with Crippen LogP contribution in [0.25, 0.3) is 11.5 Å². The van der Waals surface area contributed by atoms with Crippen molar-refractivity contribution in [2.75, 3.05) is 0 Å². The van der Waals surface area contributed by atoms with Gasteiger partial charge in [-0.15, -0.1) is 10.2 Å². The molecular weight excluding hydrogens is 372 g/mol. The second-order valence-corrected chi connectivity index (χ2v) is 5.94. The van der Waals surface area contributed by atoms with Crippen LogP contribution in [0.3, 0.4) is 0 Å². The van der Waals surface area contributed by atoms with Gasteiger partial charge in [0.15, 0.2) is 6.61 Å². The van der Waals surface area contributed by atoms with E-state index in [4.69, 9.17) is 26.5 Å². The van der Waals surface area contributed by atoms with Crippen molar-refractivity contribution in [3.8, 4) is 11.5 Å². The van der Waals surface area contributed by atoms with E-state index in [1.54, 1.807) is 48.5 Å². The Morgan fingerprint density at radius 2 is 1.78 bits per heavy atom. The minimum absolute atomic E-state index is 0.148. The monoisotopic (exact) mass is 386 g/mol. The molecule has 3 rings (SSSR count). The summed E-state index contributed by atoms with van der Waals surface area (Å²) >= 11 is 5.84. The summed E-state index contributed by atoms with van der Waals surface area (Å²) in [5, 5.41) is 10.8. The Bertz CT molecular complexity index is 939. The van der Waals surface area contributed by atoms with E-state index >= 15 is 0 Å². The van der Waals surface area contributed by atoms with Crippen LogP contribution >= 0.6 is 11.6 Å². The van der Waals surface area contributed by atoms with Crippen LogP contribution in [0.1, 0.15) is 21.8 Å². The van der Waals surface area contributed by atoms with Crippen molar-refractivity contribution in [2.24, 2.45) is 5.73 Å². The van der Waals surface area contributed by atoms with Gasteiger partial charge in [0.1, 0.15) is 0 Å². The summed E-state index contributed by atoms with van der Waals surface area (Å²) in [5.74, 6) is -0.0461. The number of aromatic nitrogens is 2. The van der Waals surface area contributed by atoms with Gasteiger partial charge in [-0.25, -0.2) is 9.59 Å². The van der Waals surface area contributed by atoms with Crippen molar-refractivity contribution >= 4 is 23.6 Å². The maximum Gasteiger partial charge on any atom is 0.338 e. The van der Waals surface area contributed by atoms with Gasteiger partial charge in [0.2, 0.25) is 5.89 Å². The van der Waals surface area contributed by atoms with Crippen LogP contribution in [-0.2, 0) is 17.9 Å². The molecule has 0 saturated carbocycles. The molecule has 0 radical (unpaired) electrons. The number of nitrogens with zero attached hydrogens (tertiary/aromatic N) is 2. The Kier molecular flexibility index (Phi) is 5.68. The maximum atomic E-state index is 12.1. The van der Waals surface area contributed by atoms with Gasteiger partial charge < -0.3 is 20.2 Å². The molecule has 1 heterocycles. The fourth-order valence-electron chi connectivity index (χ4n) is 2.18. The third-order valence-electron chi connectivity index (χ3n) is 3.54. The van der Waals surface area contributed by atoms with Crippen LogP contribution in [0.4, 0.5) is 4.79 Å². The van der Waals surface area contributed by atoms with Crippen LogP contribution in [0.2, 0.25) is 5.02 Å². The molecule has 0 unspecified atom stereocenters. The molecule has 0 saturated heterocycles. The molecule has 138 valence electrons. The third-order valence-corrected chi connectivity index (χ3v) is 3.79. The summed E-state index contributed by atoms with van der Waals surface area (Å²) in [6, 6.07) is 12.9. The highest BCUT2D eigenvalue weighted by Gasteiger charge is 2.12. The van der Waals surface area contributed by atoms with Crippen molar-refractivity contribution in [1.29, 1.82) is 0 Å². The predicted molar refractivity (Wildman–Crippen MR) is 96.7 cm³/mol. The Labute approximate surface area is 159 Å². The highest BCUT2D eigenvalue weighted by Crippen LogP contribution is 2.20. The molecule has 0 bridgehead atoms. The first kappa shape index (κ1) is 18.4. The SMILES string of the molecule is NC(=O)NCc1ccc(C(=O)OCc2nnc(-c3ccc(Cl)cc3)o2)cc1. The molecule has 0 fully saturated rings. The highest BCUT2D eigenvalue weighted by molar-refractivity contribution is 6.30. The Hall–Kier alpha value is -3.39. The van der Waals surface area contributed by atoms with Gasteiger partial charge in [-0.05, 0) is 42.0 Å². The third kappa shape index (κ3) is 5.05. The number of urea groups is 1. The normalized spacial score (nSPS) is 10.4. The number of primary amides is 1. The lowest BCUT2D eigenvalue weighted by Crippen LogP contribution is -2.28. The van der Waals surface area contributed by atoms with Gasteiger partial charge in [-0.2, -0.15) is 0 Å². The van der Waals surface area contributed by atoms with E-state index in [1.807, 2.05) is 0 Å². The van der Waals surface area contributed by atoms with Crippen molar-refractivity contribution in [3.63, 3.8) is 0 Å². The summed E-state index contributed by atoms with van der Waals surface area (Å²) in [7, 11) is 0. The van der Waals surface area contributed by atoms with Crippen LogP contribution in [0.15, 0.2) is 52.9 Å². The summed E-state index contributed by atoms with van der Waals surface area (Å²) in [5.41, 5.74) is 6.88. The highest BCUT2D eigenvalue weighted by atomic mass is 35.5. The van der Waals surface area contributed by atoms with Crippen molar-refractivity contribution < 1.29 is 18.7 Å². The summed E-state index contributed by atoms with van der Waals surface area (Å²) in [6.07, 6.45) is 0. The molecule has 1 aromatic heterocycles. The average Bonchev–Trinajstić information content (AvgIpc) is 3.14. The number of nitrogens with one attached hydrogen (secondary N) is 1. The average molecular weight is 387 g/mol. The quantitative estimate of drug-likeness (QED) is 0.628. The molecule has 3 N–H and O–H groups in total. The maximum absolute atomic E-state index is 12.1. The minimum atomic E-state index is -0.615. The molecule has 0 aliphatic rings. The topological polar surface area (TPSA) is 120 Å². The number of nitrogens with two attached hydrogens (primary N) is 1. The van der Waals surface area contributed by atoms with E-state index in [9.17, 15) is 9.59 Å². The number of hydrogen-bond donors (Lipinski definition) is 2. The van der Waals surface area contributed by atoms with Gasteiger partial charge in [0.25, 0.3) is 5.89 Å². The molecule has 27 heavy (non-hydrogen) atoms. The molecule has 0 atom stereocenters. The second-order valence-electron chi connectivity index (χ2n) is 5.50. The van der Waals surface area contributed by atoms with E-state index in [1.165, 1.54) is 0 Å². The fraction of sp³-hybridized carbons (Fsp3) is 0.111. The molecule has 0 aliphatic carbocycles. The number of rotatable bonds is 6.